The average Bonchev–Trinajstić information content (AvgIpc) is 3.34. The predicted molar refractivity (Wildman–Crippen MR) is 92.9 cm³/mol. The van der Waals surface area contributed by atoms with Gasteiger partial charge in [0.1, 0.15) is 0 Å². The molecule has 134 valence electrons. The molecule has 26 heavy (non-hydrogen) atoms. The molecule has 0 aliphatic rings. The summed E-state index contributed by atoms with van der Waals surface area (Å²) >= 11 is 0. The van der Waals surface area contributed by atoms with Crippen LogP contribution < -0.4 is 24.8 Å². The van der Waals surface area contributed by atoms with Crippen molar-refractivity contribution < 1.29 is 51.0 Å². The van der Waals surface area contributed by atoms with E-state index in [1.165, 1.54) is 46.7 Å². The van der Waals surface area contributed by atoms with Crippen LogP contribution in [0, 0.1) is 0 Å². The van der Waals surface area contributed by atoms with Crippen LogP contribution in [0.25, 0.3) is 16.5 Å². The molecule has 0 saturated heterocycles. The van der Waals surface area contributed by atoms with E-state index in [-0.39, 0.29) is 51.0 Å². The molecule has 4 nitrogen and oxygen atoms in total. The van der Waals surface area contributed by atoms with Gasteiger partial charge in [0, 0.05) is 0 Å². The van der Waals surface area contributed by atoms with Crippen LogP contribution in [0.5, 0.6) is 0 Å². The molecule has 0 fully saturated rings. The molecule has 0 aliphatic carbocycles. The second kappa shape index (κ2) is 13.0. The minimum absolute atomic E-state index is 0. The molecule has 0 N–H and O–H groups in total. The van der Waals surface area contributed by atoms with Gasteiger partial charge < -0.3 is 24.8 Å². The molecule has 0 spiro atoms. The first-order valence-electron chi connectivity index (χ1n) is 7.96. The molecule has 1 aromatic heterocycles. The number of unbranched alkanes of at least 4 members (excludes halogenated alkanes) is 1. The van der Waals surface area contributed by atoms with Crippen LogP contribution in [0.15, 0.2) is 67.0 Å². The van der Waals surface area contributed by atoms with Crippen LogP contribution in [-0.4, -0.2) is 20.2 Å². The molecule has 0 amide bonds. The first-order chi connectivity index (χ1) is 11.4. The van der Waals surface area contributed by atoms with Gasteiger partial charge >= 0.3 is 26.2 Å². The van der Waals surface area contributed by atoms with Gasteiger partial charge in [-0.05, 0) is 10.9 Å². The van der Waals surface area contributed by atoms with E-state index in [1.807, 2.05) is 24.3 Å². The number of fused-ring (bicyclic) bond motifs is 1. The number of aryl methyl sites for hydroxylation is 1. The monoisotopic (exact) mass is 464 g/mol. The number of hydrogen-bond acceptors (Lipinski definition) is 3. The maximum Gasteiger partial charge on any atom is 4.00 e. The van der Waals surface area contributed by atoms with Gasteiger partial charge in [0.25, 0.3) is 0 Å². The largest absolute Gasteiger partial charge is 4.00 e. The number of nitrogens with zero attached hydrogens (tertiary/aromatic N) is 4. The zero-order chi connectivity index (χ0) is 15.9. The fourth-order valence-electron chi connectivity index (χ4n) is 2.50. The number of rotatable bonds is 4. The first-order valence-corrected chi connectivity index (χ1v) is 7.96. The van der Waals surface area contributed by atoms with Crippen LogP contribution in [0.4, 0.5) is 0 Å². The molecule has 0 unspecified atom stereocenters. The molecule has 4 rings (SSSR count). The van der Waals surface area contributed by atoms with Gasteiger partial charge in [-0.15, -0.1) is 51.3 Å². The Kier molecular flexibility index (Phi) is 12.3. The summed E-state index contributed by atoms with van der Waals surface area (Å²) in [4.78, 5) is 1.51. The van der Waals surface area contributed by atoms with E-state index in [4.69, 9.17) is 0 Å². The van der Waals surface area contributed by atoms with Crippen LogP contribution in [-0.2, 0) is 32.6 Å². The van der Waals surface area contributed by atoms with E-state index in [0.717, 1.165) is 5.69 Å². The number of benzene rings is 1. The first kappa shape index (κ1) is 24.7. The van der Waals surface area contributed by atoms with Crippen molar-refractivity contribution in [3.8, 4) is 5.69 Å². The molecule has 4 aromatic rings. The minimum atomic E-state index is 0. The summed E-state index contributed by atoms with van der Waals surface area (Å²) in [6.07, 6.45) is 5.30. The third-order valence-electron chi connectivity index (χ3n) is 3.73. The average molecular weight is 467 g/mol. The zero-order valence-corrected chi connectivity index (χ0v) is 18.5. The molecule has 0 bridgehead atoms. The molecule has 0 radical (unpaired) electrons. The maximum absolute atomic E-state index is 3.98. The Morgan fingerprint density at radius 2 is 1.81 bits per heavy atom. The second-order valence-corrected chi connectivity index (χ2v) is 5.46. The fourth-order valence-corrected chi connectivity index (χ4v) is 2.50. The van der Waals surface area contributed by atoms with Crippen molar-refractivity contribution in [1.29, 1.82) is 0 Å². The van der Waals surface area contributed by atoms with E-state index in [9.17, 15) is 0 Å². The summed E-state index contributed by atoms with van der Waals surface area (Å²) in [5.74, 6) is 0. The van der Waals surface area contributed by atoms with Crippen molar-refractivity contribution in [3.05, 3.63) is 72.6 Å². The molecule has 0 atom stereocenters. The molecule has 1 heterocycles. The zero-order valence-electron chi connectivity index (χ0n) is 14.5. The second-order valence-electron chi connectivity index (χ2n) is 5.46. The standard InChI is InChI=1S/C10H7N4.C9H13.2ClH.Zr/c1-2-4-9-6-10(5-8(9)3-1)14-12-7-11-13-14;1-2-3-6-9-7-4-5-8-9;;;/h1-7H;4-5,7-8H,2-3,6H2,1H3;2*1H;/q2*-1;;;+4/p-2. The number of halogens is 2. The van der Waals surface area contributed by atoms with E-state index in [2.05, 4.69) is 58.7 Å². The van der Waals surface area contributed by atoms with Gasteiger partial charge in [-0.25, -0.2) is 12.1 Å². The van der Waals surface area contributed by atoms with Gasteiger partial charge in [-0.2, -0.15) is 22.5 Å². The topological polar surface area (TPSA) is 43.6 Å². The molecule has 3 aromatic carbocycles. The Morgan fingerprint density at radius 3 is 2.42 bits per heavy atom. The Labute approximate surface area is 185 Å². The van der Waals surface area contributed by atoms with Gasteiger partial charge in [-0.1, -0.05) is 32.3 Å². The molecule has 0 aliphatic heterocycles. The van der Waals surface area contributed by atoms with E-state index < -0.39 is 0 Å². The molecular formula is C19H20Cl2N4Zr. The summed E-state index contributed by atoms with van der Waals surface area (Å²) in [6.45, 7) is 2.23. The normalized spacial score (nSPS) is 9.27. The fraction of sp³-hybridized carbons (Fsp3) is 0.211. The Bertz CT molecular complexity index is 793. The van der Waals surface area contributed by atoms with Crippen LogP contribution >= 0.6 is 0 Å². The van der Waals surface area contributed by atoms with Gasteiger partial charge in [0.2, 0.25) is 0 Å². The number of hydrogen-bond donors (Lipinski definition) is 0. The third-order valence-corrected chi connectivity index (χ3v) is 3.73. The maximum atomic E-state index is 3.98. The van der Waals surface area contributed by atoms with E-state index >= 15 is 0 Å². The molecule has 7 heteroatoms. The number of tetrazole rings is 1. The van der Waals surface area contributed by atoms with Gasteiger partial charge in [0.05, 0.1) is 0 Å². The predicted octanol–water partition coefficient (Wildman–Crippen LogP) is -1.71. The quantitative estimate of drug-likeness (QED) is 0.337. The summed E-state index contributed by atoms with van der Waals surface area (Å²) in [5.41, 5.74) is 2.43. The summed E-state index contributed by atoms with van der Waals surface area (Å²) in [7, 11) is 0. The summed E-state index contributed by atoms with van der Waals surface area (Å²) in [6, 6.07) is 20.8. The number of aromatic nitrogens is 4. The van der Waals surface area contributed by atoms with E-state index in [1.54, 1.807) is 0 Å². The van der Waals surface area contributed by atoms with Crippen molar-refractivity contribution >= 4 is 10.8 Å². The van der Waals surface area contributed by atoms with Crippen LogP contribution in [0.1, 0.15) is 25.3 Å². The Morgan fingerprint density at radius 1 is 1.08 bits per heavy atom. The van der Waals surface area contributed by atoms with Crippen molar-refractivity contribution in [3.63, 3.8) is 0 Å². The van der Waals surface area contributed by atoms with Crippen molar-refractivity contribution in [1.82, 2.24) is 20.2 Å². The van der Waals surface area contributed by atoms with Gasteiger partial charge in [-0.3, -0.25) is 0 Å². The van der Waals surface area contributed by atoms with Crippen LogP contribution in [0.2, 0.25) is 0 Å². The van der Waals surface area contributed by atoms with Crippen LogP contribution in [0.3, 0.4) is 0 Å². The van der Waals surface area contributed by atoms with Crippen molar-refractivity contribution in [2.75, 3.05) is 0 Å². The molecular weight excluding hydrogens is 446 g/mol. The SMILES string of the molecule is CCCC[c-]1cccc1.[Cl-].[Cl-].[Zr+4].c1ccc2[cH-]c(-n3ncnn3)cc2c1. The smallest absolute Gasteiger partial charge is 1.00 e. The van der Waals surface area contributed by atoms with Crippen molar-refractivity contribution in [2.45, 2.75) is 26.2 Å². The molecule has 0 saturated carbocycles. The minimum Gasteiger partial charge on any atom is -1.00 e. The van der Waals surface area contributed by atoms with Gasteiger partial charge in [0.15, 0.2) is 6.33 Å². The Balaban J connectivity index is 0.000000466. The Hall–Kier alpha value is -1.29. The van der Waals surface area contributed by atoms with Crippen molar-refractivity contribution in [2.24, 2.45) is 0 Å². The third kappa shape index (κ3) is 6.79. The van der Waals surface area contributed by atoms with E-state index in [0.29, 0.717) is 0 Å². The summed E-state index contributed by atoms with van der Waals surface area (Å²) in [5, 5.41) is 13.9. The summed E-state index contributed by atoms with van der Waals surface area (Å²) < 4.78 is 0.